The summed E-state index contributed by atoms with van der Waals surface area (Å²) in [6.07, 6.45) is 3.28. The Morgan fingerprint density at radius 3 is 2.68 bits per heavy atom. The monoisotopic (exact) mass is 325 g/mol. The quantitative estimate of drug-likeness (QED) is 0.624. The molecule has 0 radical (unpaired) electrons. The first kappa shape index (κ1) is 16.7. The lowest BCUT2D eigenvalue weighted by Crippen LogP contribution is -2.41. The van der Waals surface area contributed by atoms with Crippen LogP contribution in [-0.2, 0) is 6.54 Å². The third-order valence-electron chi connectivity index (χ3n) is 3.77. The summed E-state index contributed by atoms with van der Waals surface area (Å²) >= 11 is 5.11. The highest BCUT2D eigenvalue weighted by Crippen LogP contribution is 2.13. The number of H-pyrrole nitrogens is 1. The highest BCUT2D eigenvalue weighted by molar-refractivity contribution is 7.71. The Morgan fingerprint density at radius 1 is 1.36 bits per heavy atom. The van der Waals surface area contributed by atoms with Crippen molar-refractivity contribution < 1.29 is 5.11 Å². The minimum absolute atomic E-state index is 0.111. The minimum atomic E-state index is -0.409. The number of hydrogen-bond acceptors (Lipinski definition) is 6. The molecule has 0 aliphatic carbocycles. The van der Waals surface area contributed by atoms with E-state index >= 15 is 0 Å². The zero-order chi connectivity index (χ0) is 16.1. The van der Waals surface area contributed by atoms with Gasteiger partial charge in [-0.2, -0.15) is 5.10 Å². The van der Waals surface area contributed by atoms with Crippen LogP contribution in [0.4, 0.5) is 0 Å². The first-order valence-corrected chi connectivity index (χ1v) is 7.97. The van der Waals surface area contributed by atoms with E-state index in [4.69, 9.17) is 12.2 Å². The topological polar surface area (TPSA) is 76.9 Å². The number of aromatic hydroxyl groups is 1. The summed E-state index contributed by atoms with van der Waals surface area (Å²) in [6.45, 7) is 6.11. The van der Waals surface area contributed by atoms with Gasteiger partial charge in [0, 0.05) is 32.7 Å². The largest absolute Gasteiger partial charge is 0.494 e. The number of piperazine rings is 1. The maximum atomic E-state index is 12.0. The summed E-state index contributed by atoms with van der Waals surface area (Å²) in [7, 11) is 2.07. The number of nitrogens with zero attached hydrogens (tertiary/aromatic N) is 4. The van der Waals surface area contributed by atoms with Crippen LogP contribution in [0.1, 0.15) is 25.3 Å². The number of unbranched alkanes of at least 4 members (excludes halogenated alkanes) is 1. The number of nitrogens with one attached hydrogen (secondary N) is 1. The van der Waals surface area contributed by atoms with Crippen molar-refractivity contribution in [3.63, 3.8) is 0 Å². The second kappa shape index (κ2) is 7.55. The summed E-state index contributed by atoms with van der Waals surface area (Å²) in [6, 6.07) is 0. The fourth-order valence-corrected chi connectivity index (χ4v) is 2.54. The number of aromatic nitrogens is 2. The Bertz CT molecular complexity index is 644. The van der Waals surface area contributed by atoms with E-state index in [1.807, 2.05) is 5.01 Å². The summed E-state index contributed by atoms with van der Waals surface area (Å²) < 4.78 is 1.79. The van der Waals surface area contributed by atoms with Crippen LogP contribution >= 0.6 is 12.2 Å². The number of aromatic amines is 1. The predicted molar refractivity (Wildman–Crippen MR) is 89.1 cm³/mol. The lowest BCUT2D eigenvalue weighted by Gasteiger charge is -2.30. The Morgan fingerprint density at radius 2 is 2.05 bits per heavy atom. The molecule has 2 rings (SSSR count). The van der Waals surface area contributed by atoms with Gasteiger partial charge in [-0.3, -0.25) is 19.4 Å². The Kier molecular flexibility index (Phi) is 5.73. The van der Waals surface area contributed by atoms with Crippen LogP contribution in [0.3, 0.4) is 0 Å². The molecule has 1 aromatic rings. The van der Waals surface area contributed by atoms with E-state index in [-0.39, 0.29) is 16.2 Å². The number of rotatable bonds is 5. The first-order chi connectivity index (χ1) is 10.5. The third kappa shape index (κ3) is 3.95. The Hall–Kier alpha value is -1.67. The molecule has 2 N–H and O–H groups in total. The van der Waals surface area contributed by atoms with Gasteiger partial charge in [0.2, 0.25) is 5.88 Å². The molecule has 1 saturated heterocycles. The average Bonchev–Trinajstić information content (AvgIpc) is 2.48. The van der Waals surface area contributed by atoms with Gasteiger partial charge in [-0.25, -0.2) is 0 Å². The summed E-state index contributed by atoms with van der Waals surface area (Å²) in [5.74, 6) is -0.111. The van der Waals surface area contributed by atoms with E-state index in [0.29, 0.717) is 6.54 Å². The van der Waals surface area contributed by atoms with Crippen LogP contribution in [0.5, 0.6) is 5.88 Å². The average molecular weight is 325 g/mol. The van der Waals surface area contributed by atoms with Gasteiger partial charge in [0.25, 0.3) is 5.56 Å². The molecule has 2 heterocycles. The van der Waals surface area contributed by atoms with Crippen molar-refractivity contribution in [2.75, 3.05) is 33.2 Å². The van der Waals surface area contributed by atoms with E-state index in [2.05, 4.69) is 29.0 Å². The number of hydrazone groups is 1. The van der Waals surface area contributed by atoms with Gasteiger partial charge in [-0.05, 0) is 25.7 Å². The first-order valence-electron chi connectivity index (χ1n) is 7.56. The maximum Gasteiger partial charge on any atom is 0.264 e. The molecule has 0 spiro atoms. The fraction of sp³-hybridized carbons (Fsp3) is 0.643. The van der Waals surface area contributed by atoms with Crippen molar-refractivity contribution in [2.45, 2.75) is 26.3 Å². The van der Waals surface area contributed by atoms with Gasteiger partial charge in [0.1, 0.15) is 5.56 Å². The molecule has 0 saturated carbocycles. The normalized spacial score (nSPS) is 16.5. The van der Waals surface area contributed by atoms with Crippen LogP contribution in [-0.4, -0.2) is 64.0 Å². The molecule has 7 nitrogen and oxygen atoms in total. The fourth-order valence-electron chi connectivity index (χ4n) is 2.27. The zero-order valence-corrected chi connectivity index (χ0v) is 13.9. The van der Waals surface area contributed by atoms with Crippen molar-refractivity contribution in [1.29, 1.82) is 0 Å². The SMILES string of the molecule is CCCCn1c(O)c(/C=N/N2CCN(C)CC2)c(=O)[nH]c1=S. The maximum absolute atomic E-state index is 12.0. The highest BCUT2D eigenvalue weighted by atomic mass is 32.1. The lowest BCUT2D eigenvalue weighted by atomic mass is 10.3. The van der Waals surface area contributed by atoms with E-state index in [0.717, 1.165) is 39.0 Å². The van der Waals surface area contributed by atoms with Gasteiger partial charge < -0.3 is 10.0 Å². The molecule has 0 unspecified atom stereocenters. The molecule has 1 fully saturated rings. The van der Waals surface area contributed by atoms with Crippen LogP contribution in [0.2, 0.25) is 0 Å². The molecule has 1 aliphatic rings. The van der Waals surface area contributed by atoms with Gasteiger partial charge in [-0.1, -0.05) is 13.3 Å². The number of likely N-dealkylation sites (N-methyl/N-ethyl adjacent to an activating group) is 1. The van der Waals surface area contributed by atoms with E-state index < -0.39 is 5.56 Å². The van der Waals surface area contributed by atoms with Crippen LogP contribution in [0.25, 0.3) is 0 Å². The molecule has 1 aliphatic heterocycles. The Balaban J connectivity index is 2.23. The van der Waals surface area contributed by atoms with Gasteiger partial charge >= 0.3 is 0 Å². The van der Waals surface area contributed by atoms with Crippen LogP contribution in [0.15, 0.2) is 9.90 Å². The molecular weight excluding hydrogens is 302 g/mol. The Labute approximate surface area is 134 Å². The van der Waals surface area contributed by atoms with Crippen LogP contribution < -0.4 is 5.56 Å². The van der Waals surface area contributed by atoms with Gasteiger partial charge in [0.05, 0.1) is 6.21 Å². The number of hydrogen-bond donors (Lipinski definition) is 2. The smallest absolute Gasteiger partial charge is 0.264 e. The van der Waals surface area contributed by atoms with E-state index in [1.54, 1.807) is 4.57 Å². The second-order valence-corrected chi connectivity index (χ2v) is 5.89. The van der Waals surface area contributed by atoms with E-state index in [9.17, 15) is 9.90 Å². The van der Waals surface area contributed by atoms with Gasteiger partial charge in [0.15, 0.2) is 4.77 Å². The molecule has 1 aromatic heterocycles. The molecular formula is C14H23N5O2S. The summed E-state index contributed by atoms with van der Waals surface area (Å²) in [4.78, 5) is 16.8. The van der Waals surface area contributed by atoms with Crippen molar-refractivity contribution in [2.24, 2.45) is 5.10 Å². The van der Waals surface area contributed by atoms with Crippen molar-refractivity contribution >= 4 is 18.4 Å². The molecule has 122 valence electrons. The predicted octanol–water partition coefficient (Wildman–Crippen LogP) is 0.993. The summed E-state index contributed by atoms with van der Waals surface area (Å²) in [5.41, 5.74) is -0.253. The van der Waals surface area contributed by atoms with E-state index in [1.165, 1.54) is 6.21 Å². The zero-order valence-electron chi connectivity index (χ0n) is 13.1. The molecule has 0 amide bonds. The third-order valence-corrected chi connectivity index (χ3v) is 4.09. The summed E-state index contributed by atoms with van der Waals surface area (Å²) in [5, 5.41) is 16.5. The van der Waals surface area contributed by atoms with Crippen molar-refractivity contribution in [1.82, 2.24) is 19.5 Å². The lowest BCUT2D eigenvalue weighted by molar-refractivity contribution is 0.159. The van der Waals surface area contributed by atoms with Crippen LogP contribution in [0, 0.1) is 4.77 Å². The minimum Gasteiger partial charge on any atom is -0.494 e. The standard InChI is InChI=1S/C14H23N5O2S/c1-3-4-5-19-13(21)11(12(20)16-14(19)22)10-15-18-8-6-17(2)7-9-18/h10,21H,3-9H2,1-2H3,(H,16,20,22)/b15-10+. The molecule has 0 aromatic carbocycles. The molecule has 22 heavy (non-hydrogen) atoms. The van der Waals surface area contributed by atoms with Crippen molar-refractivity contribution in [3.05, 3.63) is 20.7 Å². The highest BCUT2D eigenvalue weighted by Gasteiger charge is 2.13. The van der Waals surface area contributed by atoms with Gasteiger partial charge in [-0.15, -0.1) is 0 Å². The second-order valence-electron chi connectivity index (χ2n) is 5.50. The molecule has 0 atom stereocenters. The van der Waals surface area contributed by atoms with Crippen molar-refractivity contribution in [3.8, 4) is 5.88 Å². The molecule has 8 heteroatoms. The molecule has 0 bridgehead atoms.